The summed E-state index contributed by atoms with van der Waals surface area (Å²) in [7, 11) is 1.78. The van der Waals surface area contributed by atoms with Crippen molar-refractivity contribution in [2.24, 2.45) is 5.92 Å². The molecule has 0 spiro atoms. The largest absolute Gasteiger partial charge is 0.464 e. The molecule has 1 aliphatic rings. The van der Waals surface area contributed by atoms with Gasteiger partial charge in [0.1, 0.15) is 16.4 Å². The molecule has 21 heavy (non-hydrogen) atoms. The highest BCUT2D eigenvalue weighted by atomic mass is 32.1. The molecule has 0 radical (unpaired) electrons. The first-order valence-corrected chi connectivity index (χ1v) is 8.02. The van der Waals surface area contributed by atoms with E-state index in [4.69, 9.17) is 4.42 Å². The molecule has 1 amide bonds. The van der Waals surface area contributed by atoms with E-state index >= 15 is 0 Å². The molecule has 0 bridgehead atoms. The summed E-state index contributed by atoms with van der Waals surface area (Å²) in [4.78, 5) is 14.7. The lowest BCUT2D eigenvalue weighted by Gasteiger charge is -2.14. The summed E-state index contributed by atoms with van der Waals surface area (Å²) in [6, 6.07) is 4.00. The van der Waals surface area contributed by atoms with Crippen LogP contribution in [0.5, 0.6) is 0 Å². The van der Waals surface area contributed by atoms with Crippen LogP contribution in [0.4, 0.5) is 0 Å². The Morgan fingerprint density at radius 1 is 1.52 bits per heavy atom. The Kier molecular flexibility index (Phi) is 3.80. The highest BCUT2D eigenvalue weighted by Crippen LogP contribution is 2.47. The number of rotatable bonds is 5. The van der Waals surface area contributed by atoms with E-state index in [-0.39, 0.29) is 5.91 Å². The molecule has 0 unspecified atom stereocenters. The van der Waals surface area contributed by atoms with Gasteiger partial charge in [0.25, 0.3) is 5.91 Å². The number of hydrogen-bond acceptors (Lipinski definition) is 5. The summed E-state index contributed by atoms with van der Waals surface area (Å²) in [6.07, 6.45) is 1.92. The number of aryl methyl sites for hydroxylation is 1. The van der Waals surface area contributed by atoms with Crippen LogP contribution in [-0.2, 0) is 13.0 Å². The molecular formula is C15H19N3O2S. The first kappa shape index (κ1) is 14.3. The lowest BCUT2D eigenvalue weighted by molar-refractivity contribution is 0.0778. The van der Waals surface area contributed by atoms with E-state index in [1.807, 2.05) is 19.1 Å². The molecule has 3 rings (SSSR count). The fourth-order valence-electron chi connectivity index (χ4n) is 2.48. The molecule has 1 aliphatic carbocycles. The molecule has 0 aromatic carbocycles. The van der Waals surface area contributed by atoms with Crippen LogP contribution < -0.4 is 0 Å². The van der Waals surface area contributed by atoms with E-state index in [1.54, 1.807) is 11.9 Å². The summed E-state index contributed by atoms with van der Waals surface area (Å²) >= 11 is 1.16. The van der Waals surface area contributed by atoms with Gasteiger partial charge < -0.3 is 9.32 Å². The van der Waals surface area contributed by atoms with Crippen molar-refractivity contribution in [1.29, 1.82) is 0 Å². The van der Waals surface area contributed by atoms with E-state index in [0.717, 1.165) is 41.1 Å². The molecule has 2 atom stereocenters. The Balaban J connectivity index is 1.67. The number of carbonyl (C=O) groups is 1. The third-order valence-electron chi connectivity index (χ3n) is 3.98. The van der Waals surface area contributed by atoms with Crippen LogP contribution in [0.2, 0.25) is 0 Å². The fourth-order valence-corrected chi connectivity index (χ4v) is 3.22. The second-order valence-corrected chi connectivity index (χ2v) is 6.44. The van der Waals surface area contributed by atoms with Gasteiger partial charge in [-0.3, -0.25) is 4.79 Å². The molecule has 5 nitrogen and oxygen atoms in total. The van der Waals surface area contributed by atoms with Crippen molar-refractivity contribution in [3.63, 3.8) is 0 Å². The zero-order chi connectivity index (χ0) is 15.0. The average Bonchev–Trinajstić information content (AvgIpc) is 2.92. The maximum Gasteiger partial charge on any atom is 0.267 e. The van der Waals surface area contributed by atoms with E-state index in [9.17, 15) is 4.79 Å². The van der Waals surface area contributed by atoms with Gasteiger partial charge in [0, 0.05) is 13.0 Å². The second kappa shape index (κ2) is 5.60. The molecule has 0 N–H and O–H groups in total. The van der Waals surface area contributed by atoms with Gasteiger partial charge in [-0.25, -0.2) is 0 Å². The Bertz CT molecular complexity index is 649. The first-order valence-electron chi connectivity index (χ1n) is 7.25. The predicted octanol–water partition coefficient (Wildman–Crippen LogP) is 3.09. The van der Waals surface area contributed by atoms with Gasteiger partial charge in [-0.05, 0) is 42.4 Å². The van der Waals surface area contributed by atoms with Gasteiger partial charge in [-0.15, -0.1) is 5.10 Å². The Morgan fingerprint density at radius 2 is 2.29 bits per heavy atom. The SMILES string of the molecule is CCc1nnsc1C(=O)N(C)Cc1ccc([C@@H]2C[C@H]2C)o1. The summed E-state index contributed by atoms with van der Waals surface area (Å²) in [5, 5.41) is 3.99. The summed E-state index contributed by atoms with van der Waals surface area (Å²) < 4.78 is 9.72. The van der Waals surface area contributed by atoms with Gasteiger partial charge in [0.2, 0.25) is 0 Å². The number of carbonyl (C=O) groups excluding carboxylic acids is 1. The van der Waals surface area contributed by atoms with Crippen molar-refractivity contribution in [2.75, 3.05) is 7.05 Å². The van der Waals surface area contributed by atoms with Gasteiger partial charge in [-0.1, -0.05) is 18.3 Å². The van der Waals surface area contributed by atoms with Crippen LogP contribution in [0.25, 0.3) is 0 Å². The average molecular weight is 305 g/mol. The molecule has 0 aliphatic heterocycles. The van der Waals surface area contributed by atoms with Crippen LogP contribution in [-0.4, -0.2) is 27.4 Å². The number of hydrogen-bond donors (Lipinski definition) is 0. The minimum Gasteiger partial charge on any atom is -0.464 e. The highest BCUT2D eigenvalue weighted by molar-refractivity contribution is 7.07. The third-order valence-corrected chi connectivity index (χ3v) is 4.74. The number of nitrogens with zero attached hydrogens (tertiary/aromatic N) is 3. The molecule has 112 valence electrons. The summed E-state index contributed by atoms with van der Waals surface area (Å²) in [5.74, 6) is 3.12. The molecule has 2 aromatic rings. The quantitative estimate of drug-likeness (QED) is 0.851. The Labute approximate surface area is 128 Å². The smallest absolute Gasteiger partial charge is 0.267 e. The van der Waals surface area contributed by atoms with Crippen molar-refractivity contribution in [2.45, 2.75) is 39.2 Å². The summed E-state index contributed by atoms with van der Waals surface area (Å²) in [6.45, 7) is 4.68. The van der Waals surface area contributed by atoms with Crippen molar-refractivity contribution in [3.05, 3.63) is 34.2 Å². The van der Waals surface area contributed by atoms with E-state index in [2.05, 4.69) is 16.5 Å². The molecular weight excluding hydrogens is 286 g/mol. The maximum absolute atomic E-state index is 12.4. The van der Waals surface area contributed by atoms with Gasteiger partial charge in [0.15, 0.2) is 0 Å². The van der Waals surface area contributed by atoms with E-state index in [0.29, 0.717) is 17.3 Å². The van der Waals surface area contributed by atoms with Crippen LogP contribution in [0.1, 0.15) is 53.1 Å². The van der Waals surface area contributed by atoms with Crippen LogP contribution in [0.15, 0.2) is 16.5 Å². The van der Waals surface area contributed by atoms with Gasteiger partial charge >= 0.3 is 0 Å². The molecule has 2 heterocycles. The molecule has 1 fully saturated rings. The lowest BCUT2D eigenvalue weighted by Crippen LogP contribution is -2.26. The first-order chi connectivity index (χ1) is 10.1. The normalized spacial score (nSPS) is 20.5. The van der Waals surface area contributed by atoms with Crippen molar-refractivity contribution in [3.8, 4) is 0 Å². The van der Waals surface area contributed by atoms with Crippen LogP contribution >= 0.6 is 11.5 Å². The van der Waals surface area contributed by atoms with Crippen molar-refractivity contribution >= 4 is 17.4 Å². The number of aromatic nitrogens is 2. The van der Waals surface area contributed by atoms with Crippen molar-refractivity contribution in [1.82, 2.24) is 14.5 Å². The number of amides is 1. The zero-order valence-electron chi connectivity index (χ0n) is 12.5. The van der Waals surface area contributed by atoms with Crippen LogP contribution in [0.3, 0.4) is 0 Å². The molecule has 0 saturated heterocycles. The van der Waals surface area contributed by atoms with Crippen LogP contribution in [0, 0.1) is 5.92 Å². The highest BCUT2D eigenvalue weighted by Gasteiger charge is 2.36. The topological polar surface area (TPSA) is 59.2 Å². The maximum atomic E-state index is 12.4. The fraction of sp³-hybridized carbons (Fsp3) is 0.533. The lowest BCUT2D eigenvalue weighted by atomic mass is 10.2. The molecule has 1 saturated carbocycles. The Morgan fingerprint density at radius 3 is 2.95 bits per heavy atom. The second-order valence-electron chi connectivity index (χ2n) is 5.69. The number of furan rings is 1. The van der Waals surface area contributed by atoms with Gasteiger partial charge in [0.05, 0.1) is 12.2 Å². The Hall–Kier alpha value is -1.69. The van der Waals surface area contributed by atoms with E-state index < -0.39 is 0 Å². The van der Waals surface area contributed by atoms with E-state index in [1.165, 1.54) is 6.42 Å². The minimum atomic E-state index is -0.0420. The zero-order valence-corrected chi connectivity index (χ0v) is 13.3. The molecule has 2 aromatic heterocycles. The monoisotopic (exact) mass is 305 g/mol. The molecule has 6 heteroatoms. The standard InChI is InChI=1S/C15H19N3O2S/c1-4-12-14(21-17-16-12)15(19)18(3)8-10-5-6-13(20-10)11-7-9(11)2/h5-6,9,11H,4,7-8H2,1-3H3/t9-,11-/m1/s1. The minimum absolute atomic E-state index is 0.0420. The predicted molar refractivity (Wildman–Crippen MR) is 80.3 cm³/mol. The summed E-state index contributed by atoms with van der Waals surface area (Å²) in [5.41, 5.74) is 0.767. The van der Waals surface area contributed by atoms with Crippen molar-refractivity contribution < 1.29 is 9.21 Å². The van der Waals surface area contributed by atoms with Gasteiger partial charge in [-0.2, -0.15) is 0 Å². The third kappa shape index (κ3) is 2.85.